The van der Waals surface area contributed by atoms with E-state index in [0.29, 0.717) is 29.5 Å². The molecule has 0 radical (unpaired) electrons. The van der Waals surface area contributed by atoms with E-state index in [4.69, 9.17) is 4.74 Å². The molecule has 0 saturated heterocycles. The van der Waals surface area contributed by atoms with Crippen LogP contribution in [0.5, 0.6) is 0 Å². The van der Waals surface area contributed by atoms with Crippen molar-refractivity contribution in [3.05, 3.63) is 0 Å². The van der Waals surface area contributed by atoms with Crippen molar-refractivity contribution in [1.29, 1.82) is 0 Å². The third kappa shape index (κ3) is 5.81. The Labute approximate surface area is 190 Å². The van der Waals surface area contributed by atoms with Crippen molar-refractivity contribution in [3.8, 4) is 0 Å². The topological polar surface area (TPSA) is 43.4 Å². The highest BCUT2D eigenvalue weighted by molar-refractivity contribution is 5.85. The fourth-order valence-electron chi connectivity index (χ4n) is 7.54. The van der Waals surface area contributed by atoms with Gasteiger partial charge in [0.2, 0.25) is 0 Å². The SMILES string of the molecule is COC1CCC(C2CCC(C(=O)C3CCC(C(=O)C4CCC(C)CC4)CC3)CC2)CC1. The molecule has 4 aliphatic carbocycles. The highest BCUT2D eigenvalue weighted by Crippen LogP contribution is 2.43. The van der Waals surface area contributed by atoms with Crippen molar-refractivity contribution in [2.75, 3.05) is 7.11 Å². The van der Waals surface area contributed by atoms with E-state index in [1.165, 1.54) is 51.4 Å². The van der Waals surface area contributed by atoms with Crippen molar-refractivity contribution in [2.24, 2.45) is 41.4 Å². The van der Waals surface area contributed by atoms with Crippen LogP contribution in [0.4, 0.5) is 0 Å². The summed E-state index contributed by atoms with van der Waals surface area (Å²) in [5.74, 6) is 4.73. The Balaban J connectivity index is 1.18. The Morgan fingerprint density at radius 1 is 0.516 bits per heavy atom. The first kappa shape index (κ1) is 23.5. The highest BCUT2D eigenvalue weighted by Gasteiger charge is 2.38. The van der Waals surface area contributed by atoms with Crippen LogP contribution >= 0.6 is 0 Å². The van der Waals surface area contributed by atoms with E-state index in [2.05, 4.69) is 6.92 Å². The maximum atomic E-state index is 13.2. The van der Waals surface area contributed by atoms with Crippen molar-refractivity contribution in [2.45, 2.75) is 116 Å². The first-order valence-electron chi connectivity index (χ1n) is 13.6. The van der Waals surface area contributed by atoms with Gasteiger partial charge in [-0.2, -0.15) is 0 Å². The Morgan fingerprint density at radius 3 is 1.23 bits per heavy atom. The summed E-state index contributed by atoms with van der Waals surface area (Å²) in [6.07, 6.45) is 18.9. The molecule has 4 saturated carbocycles. The molecule has 0 amide bonds. The van der Waals surface area contributed by atoms with Crippen LogP contribution < -0.4 is 0 Å². The molecule has 3 nitrogen and oxygen atoms in total. The maximum Gasteiger partial charge on any atom is 0.139 e. The van der Waals surface area contributed by atoms with Crippen LogP contribution in [0.2, 0.25) is 0 Å². The van der Waals surface area contributed by atoms with Crippen LogP contribution in [0.1, 0.15) is 110 Å². The summed E-state index contributed by atoms with van der Waals surface area (Å²) < 4.78 is 5.54. The Kier molecular flexibility index (Phi) is 8.28. The summed E-state index contributed by atoms with van der Waals surface area (Å²) in [6.45, 7) is 2.32. The summed E-state index contributed by atoms with van der Waals surface area (Å²) in [7, 11) is 1.85. The second-order valence-corrected chi connectivity index (χ2v) is 11.7. The van der Waals surface area contributed by atoms with Crippen molar-refractivity contribution < 1.29 is 14.3 Å². The van der Waals surface area contributed by atoms with Gasteiger partial charge in [-0.25, -0.2) is 0 Å². The van der Waals surface area contributed by atoms with E-state index < -0.39 is 0 Å². The fourth-order valence-corrected chi connectivity index (χ4v) is 7.54. The number of methoxy groups -OCH3 is 1. The van der Waals surface area contributed by atoms with Gasteiger partial charge >= 0.3 is 0 Å². The van der Waals surface area contributed by atoms with Crippen LogP contribution in [0, 0.1) is 41.4 Å². The lowest BCUT2D eigenvalue weighted by Gasteiger charge is -2.38. The number of carbonyl (C=O) groups excluding carboxylic acids is 2. The first-order chi connectivity index (χ1) is 15.0. The van der Waals surface area contributed by atoms with Gasteiger partial charge < -0.3 is 4.74 Å². The zero-order chi connectivity index (χ0) is 21.8. The van der Waals surface area contributed by atoms with E-state index in [9.17, 15) is 9.59 Å². The minimum absolute atomic E-state index is 0.245. The van der Waals surface area contributed by atoms with Gasteiger partial charge in [-0.3, -0.25) is 9.59 Å². The van der Waals surface area contributed by atoms with Gasteiger partial charge in [-0.1, -0.05) is 19.8 Å². The molecule has 0 aromatic carbocycles. The van der Waals surface area contributed by atoms with Gasteiger partial charge in [0.25, 0.3) is 0 Å². The van der Waals surface area contributed by atoms with E-state index in [0.717, 1.165) is 69.1 Å². The quantitative estimate of drug-likeness (QED) is 0.467. The predicted octanol–water partition coefficient (Wildman–Crippen LogP) is 6.77. The molecule has 0 aliphatic heterocycles. The third-order valence-electron chi connectivity index (χ3n) is 9.84. The molecule has 4 aliphatic rings. The minimum atomic E-state index is 0.245. The number of carbonyl (C=O) groups is 2. The number of ketones is 2. The number of Topliss-reactive ketones (excluding diaryl/α,β-unsaturated/α-hetero) is 2. The molecular formula is C28H46O3. The van der Waals surface area contributed by atoms with Gasteiger partial charge in [0.15, 0.2) is 0 Å². The molecule has 0 atom stereocenters. The lowest BCUT2D eigenvalue weighted by Crippen LogP contribution is -2.35. The summed E-state index contributed by atoms with van der Waals surface area (Å²) in [5.41, 5.74) is 0. The fraction of sp³-hybridized carbons (Fsp3) is 0.929. The molecule has 0 unspecified atom stereocenters. The second kappa shape index (κ2) is 10.9. The van der Waals surface area contributed by atoms with Crippen molar-refractivity contribution in [3.63, 3.8) is 0 Å². The van der Waals surface area contributed by atoms with Gasteiger partial charge in [-0.15, -0.1) is 0 Å². The average molecular weight is 431 g/mol. The Hall–Kier alpha value is -0.700. The van der Waals surface area contributed by atoms with Gasteiger partial charge in [0.1, 0.15) is 11.6 Å². The summed E-state index contributed by atoms with van der Waals surface area (Å²) in [5, 5.41) is 0. The minimum Gasteiger partial charge on any atom is -0.381 e. The van der Waals surface area contributed by atoms with Crippen LogP contribution in [0.15, 0.2) is 0 Å². The number of rotatable bonds is 6. The molecule has 0 heterocycles. The zero-order valence-corrected chi connectivity index (χ0v) is 20.2. The first-order valence-corrected chi connectivity index (χ1v) is 13.6. The standard InChI is InChI=1S/C28H46O3/c1-19-3-5-22(6-4-19)27(29)24-11-13-25(14-12-24)28(30)23-9-7-20(8-10-23)21-15-17-26(31-2)18-16-21/h19-26H,3-18H2,1-2H3. The number of ether oxygens (including phenoxy) is 1. The largest absolute Gasteiger partial charge is 0.381 e. The molecule has 0 N–H and O–H groups in total. The molecule has 0 spiro atoms. The van der Waals surface area contributed by atoms with Gasteiger partial charge in [0.05, 0.1) is 6.10 Å². The summed E-state index contributed by atoms with van der Waals surface area (Å²) >= 11 is 0. The molecule has 4 fully saturated rings. The predicted molar refractivity (Wildman–Crippen MR) is 125 cm³/mol. The van der Waals surface area contributed by atoms with Crippen LogP contribution in [0.25, 0.3) is 0 Å². The maximum absolute atomic E-state index is 13.2. The molecular weight excluding hydrogens is 384 g/mol. The van der Waals surface area contributed by atoms with Crippen LogP contribution in [-0.2, 0) is 14.3 Å². The number of hydrogen-bond acceptors (Lipinski definition) is 3. The van der Waals surface area contributed by atoms with Gasteiger partial charge in [0, 0.05) is 30.8 Å². The molecule has 31 heavy (non-hydrogen) atoms. The second-order valence-electron chi connectivity index (χ2n) is 11.7. The molecule has 176 valence electrons. The van der Waals surface area contributed by atoms with E-state index in [1.54, 1.807) is 0 Å². The van der Waals surface area contributed by atoms with E-state index in [1.807, 2.05) is 7.11 Å². The molecule has 0 aromatic heterocycles. The average Bonchev–Trinajstić information content (AvgIpc) is 2.84. The number of hydrogen-bond donors (Lipinski definition) is 0. The lowest BCUT2D eigenvalue weighted by molar-refractivity contribution is -0.133. The zero-order valence-electron chi connectivity index (χ0n) is 20.2. The normalized spacial score (nSPS) is 42.1. The monoisotopic (exact) mass is 430 g/mol. The summed E-state index contributed by atoms with van der Waals surface area (Å²) in [4.78, 5) is 26.2. The van der Waals surface area contributed by atoms with Crippen molar-refractivity contribution >= 4 is 11.6 Å². The highest BCUT2D eigenvalue weighted by atomic mass is 16.5. The Morgan fingerprint density at radius 2 is 0.839 bits per heavy atom. The molecule has 3 heteroatoms. The van der Waals surface area contributed by atoms with E-state index in [-0.39, 0.29) is 11.8 Å². The van der Waals surface area contributed by atoms with E-state index >= 15 is 0 Å². The molecule has 4 rings (SSSR count). The van der Waals surface area contributed by atoms with Gasteiger partial charge in [-0.05, 0) is 108 Å². The molecule has 0 bridgehead atoms. The summed E-state index contributed by atoms with van der Waals surface area (Å²) in [6, 6.07) is 0. The molecule has 0 aromatic rings. The van der Waals surface area contributed by atoms with Crippen molar-refractivity contribution in [1.82, 2.24) is 0 Å². The van der Waals surface area contributed by atoms with Crippen LogP contribution in [0.3, 0.4) is 0 Å². The smallest absolute Gasteiger partial charge is 0.139 e. The Bertz CT molecular complexity index is 581. The lowest BCUT2D eigenvalue weighted by atomic mass is 9.67. The van der Waals surface area contributed by atoms with Crippen LogP contribution in [-0.4, -0.2) is 24.8 Å². The third-order valence-corrected chi connectivity index (χ3v) is 9.84.